The van der Waals surface area contributed by atoms with Crippen molar-refractivity contribution in [2.24, 2.45) is 0 Å². The summed E-state index contributed by atoms with van der Waals surface area (Å²) in [4.78, 5) is 27.0. The zero-order valence-electron chi connectivity index (χ0n) is 19.7. The normalized spacial score (nSPS) is 11.3. The quantitative estimate of drug-likeness (QED) is 0.245. The Labute approximate surface area is 212 Å². The number of fused-ring (bicyclic) bond motifs is 1. The lowest BCUT2D eigenvalue weighted by molar-refractivity contribution is 0.0915. The number of aromatic nitrogens is 2. The van der Waals surface area contributed by atoms with Crippen LogP contribution in [-0.2, 0) is 5.54 Å². The number of amides is 2. The van der Waals surface area contributed by atoms with Gasteiger partial charge >= 0.3 is 0 Å². The Morgan fingerprint density at radius 1 is 0.861 bits per heavy atom. The van der Waals surface area contributed by atoms with E-state index in [2.05, 4.69) is 20.8 Å². The number of aromatic amines is 1. The summed E-state index contributed by atoms with van der Waals surface area (Å²) >= 11 is 1.27. The van der Waals surface area contributed by atoms with Crippen LogP contribution in [0.15, 0.2) is 91.0 Å². The SMILES string of the molecule is CC(C)(NC(=O)c1cc2c(NC(=O)c3ccc(Oc4ccccc4)cc3)[nH]nc2s1)c1ccccc1. The van der Waals surface area contributed by atoms with Gasteiger partial charge in [0.2, 0.25) is 0 Å². The summed E-state index contributed by atoms with van der Waals surface area (Å²) in [5.74, 6) is 1.30. The van der Waals surface area contributed by atoms with Crippen molar-refractivity contribution < 1.29 is 14.3 Å². The van der Waals surface area contributed by atoms with Gasteiger partial charge in [0.05, 0.1) is 15.8 Å². The standard InChI is InChI=1S/C28H24N4O3S/c1-28(2,19-9-5-3-6-10-19)30-26(34)23-17-22-24(31-32-27(22)36-23)29-25(33)18-13-15-21(16-14-18)35-20-11-7-4-8-12-20/h3-17H,1-2H3,(H,30,34)(H2,29,31,32,33). The second-order valence-corrected chi connectivity index (χ2v) is 9.80. The number of ether oxygens (including phenoxy) is 1. The minimum absolute atomic E-state index is 0.196. The van der Waals surface area contributed by atoms with Crippen LogP contribution in [0.1, 0.15) is 39.4 Å². The van der Waals surface area contributed by atoms with Gasteiger partial charge in [0.25, 0.3) is 11.8 Å². The van der Waals surface area contributed by atoms with Crippen molar-refractivity contribution in [1.29, 1.82) is 0 Å². The molecular weight excluding hydrogens is 472 g/mol. The van der Waals surface area contributed by atoms with Crippen LogP contribution < -0.4 is 15.4 Å². The number of thiophene rings is 1. The minimum atomic E-state index is -0.542. The third-order valence-corrected chi connectivity index (χ3v) is 6.76. The van der Waals surface area contributed by atoms with E-state index in [4.69, 9.17) is 4.74 Å². The molecule has 0 unspecified atom stereocenters. The van der Waals surface area contributed by atoms with Crippen molar-refractivity contribution in [2.75, 3.05) is 5.32 Å². The summed E-state index contributed by atoms with van der Waals surface area (Å²) in [5.41, 5.74) is 0.934. The van der Waals surface area contributed by atoms with Crippen LogP contribution in [0.5, 0.6) is 11.5 Å². The summed E-state index contributed by atoms with van der Waals surface area (Å²) in [5, 5.41) is 13.7. The number of carbonyl (C=O) groups excluding carboxylic acids is 2. The topological polar surface area (TPSA) is 96.1 Å². The average Bonchev–Trinajstić information content (AvgIpc) is 3.47. The van der Waals surface area contributed by atoms with Gasteiger partial charge in [-0.25, -0.2) is 0 Å². The second kappa shape index (κ2) is 9.67. The van der Waals surface area contributed by atoms with Gasteiger partial charge in [-0.1, -0.05) is 48.5 Å². The summed E-state index contributed by atoms with van der Waals surface area (Å²) in [6.45, 7) is 3.92. The van der Waals surface area contributed by atoms with Crippen molar-refractivity contribution in [2.45, 2.75) is 19.4 Å². The minimum Gasteiger partial charge on any atom is -0.457 e. The Bertz CT molecular complexity index is 1510. The molecule has 0 bridgehead atoms. The van der Waals surface area contributed by atoms with Gasteiger partial charge < -0.3 is 15.4 Å². The largest absolute Gasteiger partial charge is 0.457 e. The van der Waals surface area contributed by atoms with Gasteiger partial charge in [-0.3, -0.25) is 14.7 Å². The fraction of sp³-hybridized carbons (Fsp3) is 0.107. The van der Waals surface area contributed by atoms with E-state index in [1.165, 1.54) is 11.3 Å². The monoisotopic (exact) mass is 496 g/mol. The first-order chi connectivity index (χ1) is 17.4. The van der Waals surface area contributed by atoms with E-state index in [1.54, 1.807) is 30.3 Å². The van der Waals surface area contributed by atoms with E-state index >= 15 is 0 Å². The number of nitrogens with zero attached hydrogens (tertiary/aromatic N) is 1. The molecule has 0 atom stereocenters. The lowest BCUT2D eigenvalue weighted by atomic mass is 9.94. The van der Waals surface area contributed by atoms with Gasteiger partial charge in [0, 0.05) is 5.56 Å². The molecule has 2 heterocycles. The molecule has 0 fully saturated rings. The maximum absolute atomic E-state index is 13.0. The smallest absolute Gasteiger partial charge is 0.262 e. The highest BCUT2D eigenvalue weighted by atomic mass is 32.1. The number of anilines is 1. The van der Waals surface area contributed by atoms with Crippen molar-refractivity contribution >= 4 is 39.2 Å². The van der Waals surface area contributed by atoms with Crippen LogP contribution in [0.3, 0.4) is 0 Å². The van der Waals surface area contributed by atoms with E-state index in [0.717, 1.165) is 11.3 Å². The molecule has 36 heavy (non-hydrogen) atoms. The number of rotatable bonds is 7. The molecule has 8 heteroatoms. The Morgan fingerprint density at radius 3 is 2.19 bits per heavy atom. The molecule has 5 rings (SSSR count). The first-order valence-electron chi connectivity index (χ1n) is 11.4. The number of para-hydroxylation sites is 1. The van der Waals surface area contributed by atoms with Crippen molar-refractivity contribution in [3.8, 4) is 11.5 Å². The Balaban J connectivity index is 1.27. The fourth-order valence-corrected chi connectivity index (χ4v) is 4.67. The Kier molecular flexibility index (Phi) is 6.26. The maximum atomic E-state index is 13.0. The molecule has 5 aromatic rings. The van der Waals surface area contributed by atoms with Crippen LogP contribution in [-0.4, -0.2) is 22.0 Å². The first-order valence-corrected chi connectivity index (χ1v) is 12.2. The molecule has 0 saturated carbocycles. The zero-order valence-corrected chi connectivity index (χ0v) is 20.6. The van der Waals surface area contributed by atoms with Crippen LogP contribution in [0.25, 0.3) is 10.2 Å². The molecule has 7 nitrogen and oxygen atoms in total. The summed E-state index contributed by atoms with van der Waals surface area (Å²) in [6, 6.07) is 27.8. The van der Waals surface area contributed by atoms with Gasteiger partial charge in [-0.05, 0) is 61.9 Å². The highest BCUT2D eigenvalue weighted by Gasteiger charge is 2.25. The predicted octanol–water partition coefficient (Wildman–Crippen LogP) is 6.33. The molecule has 0 aliphatic carbocycles. The maximum Gasteiger partial charge on any atom is 0.262 e. The number of nitrogens with one attached hydrogen (secondary N) is 3. The number of H-pyrrole nitrogens is 1. The van der Waals surface area contributed by atoms with Crippen LogP contribution in [0.2, 0.25) is 0 Å². The highest BCUT2D eigenvalue weighted by Crippen LogP contribution is 2.31. The molecule has 3 N–H and O–H groups in total. The molecule has 180 valence electrons. The predicted molar refractivity (Wildman–Crippen MR) is 142 cm³/mol. The van der Waals surface area contributed by atoms with E-state index in [0.29, 0.717) is 32.2 Å². The fourth-order valence-electron chi connectivity index (χ4n) is 3.77. The third-order valence-electron chi connectivity index (χ3n) is 5.73. The first kappa shape index (κ1) is 23.3. The molecule has 2 aromatic heterocycles. The molecule has 0 aliphatic heterocycles. The second-order valence-electron chi connectivity index (χ2n) is 8.77. The molecule has 3 aromatic carbocycles. The van der Waals surface area contributed by atoms with Crippen molar-refractivity contribution in [3.05, 3.63) is 107 Å². The Hall–Kier alpha value is -4.43. The molecule has 0 spiro atoms. The summed E-state index contributed by atoms with van der Waals surface area (Å²) in [6.07, 6.45) is 0. The molecule has 0 aliphatic rings. The van der Waals surface area contributed by atoms with E-state index < -0.39 is 5.54 Å². The van der Waals surface area contributed by atoms with E-state index in [1.807, 2.05) is 74.5 Å². The van der Waals surface area contributed by atoms with Gasteiger partial charge in [0.15, 0.2) is 0 Å². The summed E-state index contributed by atoms with van der Waals surface area (Å²) < 4.78 is 5.78. The van der Waals surface area contributed by atoms with E-state index in [-0.39, 0.29) is 11.8 Å². The number of hydrogen-bond acceptors (Lipinski definition) is 5. The summed E-state index contributed by atoms with van der Waals surface area (Å²) in [7, 11) is 0. The number of hydrogen-bond donors (Lipinski definition) is 3. The third kappa shape index (κ3) is 4.99. The molecular formula is C28H24N4O3S. The van der Waals surface area contributed by atoms with Gasteiger partial charge in [-0.2, -0.15) is 5.10 Å². The van der Waals surface area contributed by atoms with Crippen LogP contribution >= 0.6 is 11.3 Å². The van der Waals surface area contributed by atoms with Crippen molar-refractivity contribution in [3.63, 3.8) is 0 Å². The number of carbonyl (C=O) groups is 2. The van der Waals surface area contributed by atoms with Crippen LogP contribution in [0, 0.1) is 0 Å². The lowest BCUT2D eigenvalue weighted by Crippen LogP contribution is -2.40. The zero-order chi connectivity index (χ0) is 25.1. The van der Waals surface area contributed by atoms with Crippen molar-refractivity contribution in [1.82, 2.24) is 15.5 Å². The highest BCUT2D eigenvalue weighted by molar-refractivity contribution is 7.20. The molecule has 0 saturated heterocycles. The molecule has 0 radical (unpaired) electrons. The average molecular weight is 497 g/mol. The lowest BCUT2D eigenvalue weighted by Gasteiger charge is -2.26. The van der Waals surface area contributed by atoms with Crippen LogP contribution in [0.4, 0.5) is 5.82 Å². The van der Waals surface area contributed by atoms with Gasteiger partial charge in [-0.15, -0.1) is 11.3 Å². The van der Waals surface area contributed by atoms with E-state index in [9.17, 15) is 9.59 Å². The molecule has 2 amide bonds. The van der Waals surface area contributed by atoms with Gasteiger partial charge in [0.1, 0.15) is 22.1 Å². The Morgan fingerprint density at radius 2 is 1.50 bits per heavy atom. The number of benzene rings is 3.